The Labute approximate surface area is 206 Å². The molecule has 4 aromatic rings. The van der Waals surface area contributed by atoms with E-state index in [4.69, 9.17) is 4.74 Å². The highest BCUT2D eigenvalue weighted by Crippen LogP contribution is 2.32. The van der Waals surface area contributed by atoms with Gasteiger partial charge in [-0.2, -0.15) is 0 Å². The van der Waals surface area contributed by atoms with Crippen molar-refractivity contribution in [1.82, 2.24) is 10.3 Å². The molecule has 1 aromatic heterocycles. The highest BCUT2D eigenvalue weighted by atomic mass is 32.2. The van der Waals surface area contributed by atoms with Crippen LogP contribution < -0.4 is 14.8 Å². The molecule has 35 heavy (non-hydrogen) atoms. The molecular formula is C27H33N3O4S. The number of benzene rings is 3. The lowest BCUT2D eigenvalue weighted by Gasteiger charge is -2.18. The predicted molar refractivity (Wildman–Crippen MR) is 143 cm³/mol. The van der Waals surface area contributed by atoms with Crippen molar-refractivity contribution in [2.45, 2.75) is 32.3 Å². The van der Waals surface area contributed by atoms with Crippen LogP contribution in [0.3, 0.4) is 0 Å². The quantitative estimate of drug-likeness (QED) is 0.252. The van der Waals surface area contributed by atoms with Crippen molar-refractivity contribution < 1.29 is 18.3 Å². The van der Waals surface area contributed by atoms with Crippen molar-refractivity contribution in [2.75, 3.05) is 30.7 Å². The van der Waals surface area contributed by atoms with Crippen LogP contribution in [0.25, 0.3) is 21.8 Å². The molecule has 0 radical (unpaired) electrons. The summed E-state index contributed by atoms with van der Waals surface area (Å²) in [6.07, 6.45) is 0.327. The molecule has 0 fully saturated rings. The number of aliphatic hydroxyl groups excluding tert-OH is 1. The summed E-state index contributed by atoms with van der Waals surface area (Å²) in [7, 11) is -3.37. The third-order valence-corrected chi connectivity index (χ3v) is 6.50. The summed E-state index contributed by atoms with van der Waals surface area (Å²) < 4.78 is 31.1. The summed E-state index contributed by atoms with van der Waals surface area (Å²) in [5.41, 5.74) is 4.60. The van der Waals surface area contributed by atoms with Crippen LogP contribution in [0.4, 0.5) is 5.69 Å². The van der Waals surface area contributed by atoms with Gasteiger partial charge in [0.25, 0.3) is 0 Å². The second-order valence-corrected chi connectivity index (χ2v) is 11.7. The first kappa shape index (κ1) is 25.0. The summed E-state index contributed by atoms with van der Waals surface area (Å²) in [4.78, 5) is 3.51. The van der Waals surface area contributed by atoms with Crippen LogP contribution in [-0.2, 0) is 15.4 Å². The van der Waals surface area contributed by atoms with Gasteiger partial charge in [0.1, 0.15) is 12.4 Å². The molecule has 7 nitrogen and oxygen atoms in total. The fraction of sp³-hybridized carbons (Fsp3) is 0.333. The zero-order valence-corrected chi connectivity index (χ0v) is 21.4. The minimum absolute atomic E-state index is 0.0934. The van der Waals surface area contributed by atoms with Crippen LogP contribution in [0, 0.1) is 0 Å². The van der Waals surface area contributed by atoms with Gasteiger partial charge in [-0.25, -0.2) is 8.42 Å². The Morgan fingerprint density at radius 1 is 1.00 bits per heavy atom. The molecule has 4 N–H and O–H groups in total. The number of anilines is 1. The number of aromatic nitrogens is 1. The van der Waals surface area contributed by atoms with Crippen LogP contribution in [0.2, 0.25) is 0 Å². The van der Waals surface area contributed by atoms with E-state index < -0.39 is 16.1 Å². The van der Waals surface area contributed by atoms with Gasteiger partial charge in [-0.1, -0.05) is 45.0 Å². The molecule has 0 amide bonds. The van der Waals surface area contributed by atoms with Crippen molar-refractivity contribution in [3.05, 3.63) is 71.8 Å². The number of hydrogen-bond acceptors (Lipinski definition) is 5. The van der Waals surface area contributed by atoms with Crippen molar-refractivity contribution in [1.29, 1.82) is 0 Å². The van der Waals surface area contributed by atoms with Gasteiger partial charge in [-0.05, 0) is 46.9 Å². The minimum atomic E-state index is -3.37. The molecule has 0 spiro atoms. The van der Waals surface area contributed by atoms with Crippen LogP contribution in [0.15, 0.2) is 60.7 Å². The monoisotopic (exact) mass is 495 g/mol. The van der Waals surface area contributed by atoms with Crippen LogP contribution in [0.5, 0.6) is 5.75 Å². The molecule has 4 rings (SSSR count). The number of hydrogen-bond donors (Lipinski definition) is 4. The van der Waals surface area contributed by atoms with Gasteiger partial charge in [0, 0.05) is 41.1 Å². The normalized spacial score (nSPS) is 13.3. The van der Waals surface area contributed by atoms with E-state index in [1.54, 1.807) is 24.3 Å². The predicted octanol–water partition coefficient (Wildman–Crippen LogP) is 4.69. The number of aromatic amines is 1. The second-order valence-electron chi connectivity index (χ2n) is 9.91. The Balaban J connectivity index is 1.31. The molecule has 3 aromatic carbocycles. The summed E-state index contributed by atoms with van der Waals surface area (Å²) in [6, 6.07) is 19.4. The number of ether oxygens (including phenoxy) is 1. The number of aliphatic hydroxyl groups is 1. The first-order valence-corrected chi connectivity index (χ1v) is 13.5. The largest absolute Gasteiger partial charge is 0.492 e. The fourth-order valence-electron chi connectivity index (χ4n) is 4.07. The van der Waals surface area contributed by atoms with Gasteiger partial charge in [0.2, 0.25) is 10.0 Å². The number of fused-ring (bicyclic) bond motifs is 3. The summed E-state index contributed by atoms with van der Waals surface area (Å²) in [6.45, 7) is 7.96. The van der Waals surface area contributed by atoms with Gasteiger partial charge in [0.05, 0.1) is 17.9 Å². The van der Waals surface area contributed by atoms with E-state index >= 15 is 0 Å². The number of sulfonamides is 1. The summed E-state index contributed by atoms with van der Waals surface area (Å²) in [5.74, 6) is 0.780. The van der Waals surface area contributed by atoms with E-state index in [9.17, 15) is 13.5 Å². The number of nitrogens with one attached hydrogen (secondary N) is 3. The van der Waals surface area contributed by atoms with E-state index in [1.165, 1.54) is 16.3 Å². The van der Waals surface area contributed by atoms with Gasteiger partial charge >= 0.3 is 0 Å². The molecule has 0 aliphatic rings. The Bertz CT molecular complexity index is 1440. The van der Waals surface area contributed by atoms with Crippen molar-refractivity contribution >= 4 is 37.5 Å². The van der Waals surface area contributed by atoms with E-state index in [1.807, 2.05) is 12.1 Å². The molecular weight excluding hydrogens is 462 g/mol. The van der Waals surface area contributed by atoms with E-state index in [0.29, 0.717) is 30.9 Å². The van der Waals surface area contributed by atoms with Crippen molar-refractivity contribution in [3.8, 4) is 5.75 Å². The maximum absolute atomic E-state index is 11.4. The van der Waals surface area contributed by atoms with E-state index in [0.717, 1.165) is 23.0 Å². The van der Waals surface area contributed by atoms with Gasteiger partial charge in [0.15, 0.2) is 0 Å². The average molecular weight is 496 g/mol. The Kier molecular flexibility index (Phi) is 7.07. The molecule has 0 saturated heterocycles. The molecule has 0 saturated carbocycles. The van der Waals surface area contributed by atoms with Crippen LogP contribution in [-0.4, -0.2) is 44.5 Å². The Morgan fingerprint density at radius 2 is 1.71 bits per heavy atom. The lowest BCUT2D eigenvalue weighted by atomic mass is 9.86. The summed E-state index contributed by atoms with van der Waals surface area (Å²) in [5, 5.41) is 16.0. The van der Waals surface area contributed by atoms with Crippen molar-refractivity contribution in [2.24, 2.45) is 0 Å². The second kappa shape index (κ2) is 9.89. The Morgan fingerprint density at radius 3 is 2.43 bits per heavy atom. The molecule has 8 heteroatoms. The maximum atomic E-state index is 11.4. The van der Waals surface area contributed by atoms with Gasteiger partial charge in [-0.15, -0.1) is 0 Å². The molecule has 0 bridgehead atoms. The molecule has 1 heterocycles. The maximum Gasteiger partial charge on any atom is 0.229 e. The highest BCUT2D eigenvalue weighted by molar-refractivity contribution is 7.92. The standard InChI is InChI=1S/C27H33N3O4S/c1-27(2,3)19-8-10-22-23-11-9-21(16-25(23)29-24(22)15-19)34-13-12-28-17-26(31)18-6-5-7-20(14-18)30-35(4,32)33/h5-11,14-16,26,28-31H,12-13,17H2,1-4H3. The average Bonchev–Trinajstić information content (AvgIpc) is 3.14. The zero-order valence-electron chi connectivity index (χ0n) is 20.6. The SMILES string of the molecule is CC(C)(C)c1ccc2c(c1)[nH]c1cc(OCCNCC(O)c3cccc(NS(C)(=O)=O)c3)ccc12. The van der Waals surface area contributed by atoms with E-state index in [-0.39, 0.29) is 5.41 Å². The third-order valence-electron chi connectivity index (χ3n) is 5.90. The Hall–Kier alpha value is -3.07. The van der Waals surface area contributed by atoms with Crippen LogP contribution >= 0.6 is 0 Å². The molecule has 1 atom stereocenters. The fourth-order valence-corrected chi connectivity index (χ4v) is 4.62. The topological polar surface area (TPSA) is 103 Å². The first-order chi connectivity index (χ1) is 16.5. The minimum Gasteiger partial charge on any atom is -0.492 e. The summed E-state index contributed by atoms with van der Waals surface area (Å²) >= 11 is 0. The van der Waals surface area contributed by atoms with E-state index in [2.05, 4.69) is 60.1 Å². The van der Waals surface area contributed by atoms with Crippen molar-refractivity contribution in [3.63, 3.8) is 0 Å². The van der Waals surface area contributed by atoms with Gasteiger partial charge < -0.3 is 20.1 Å². The highest BCUT2D eigenvalue weighted by Gasteiger charge is 2.15. The number of H-pyrrole nitrogens is 1. The zero-order chi connectivity index (χ0) is 25.2. The molecule has 0 aliphatic carbocycles. The lowest BCUT2D eigenvalue weighted by Crippen LogP contribution is -2.26. The molecule has 186 valence electrons. The lowest BCUT2D eigenvalue weighted by molar-refractivity contribution is 0.172. The third kappa shape index (κ3) is 6.33. The van der Waals surface area contributed by atoms with Gasteiger partial charge in [-0.3, -0.25) is 4.72 Å². The van der Waals surface area contributed by atoms with Crippen LogP contribution in [0.1, 0.15) is 38.0 Å². The smallest absolute Gasteiger partial charge is 0.229 e. The number of rotatable bonds is 9. The molecule has 0 aliphatic heterocycles. The molecule has 1 unspecified atom stereocenters. The first-order valence-electron chi connectivity index (χ1n) is 11.6.